The molecule has 4 atom stereocenters. The normalized spacial score (nSPS) is 18.9. The van der Waals surface area contributed by atoms with Gasteiger partial charge >= 0.3 is 18.7 Å². The number of hydrogen-bond donors (Lipinski definition) is 6. The Kier molecular flexibility index (Phi) is 14.7. The van der Waals surface area contributed by atoms with Crippen LogP contribution in [0.4, 0.5) is 47.3 Å². The van der Waals surface area contributed by atoms with Gasteiger partial charge in [-0.25, -0.2) is 27.2 Å². The molecule has 2 aliphatic heterocycles. The summed E-state index contributed by atoms with van der Waals surface area (Å²) in [6.07, 6.45) is 0.0600. The van der Waals surface area contributed by atoms with Gasteiger partial charge in [0.1, 0.15) is 29.0 Å². The zero-order valence-electron chi connectivity index (χ0n) is 30.4. The van der Waals surface area contributed by atoms with E-state index in [2.05, 4.69) is 36.6 Å². The van der Waals surface area contributed by atoms with E-state index in [1.54, 1.807) is 55.5 Å². The van der Waals surface area contributed by atoms with Gasteiger partial charge < -0.3 is 36.6 Å². The van der Waals surface area contributed by atoms with Gasteiger partial charge in [0.05, 0.1) is 12.1 Å². The number of urea groups is 2. The number of alkyl halides is 2. The van der Waals surface area contributed by atoms with Crippen LogP contribution < -0.4 is 36.6 Å². The smallest absolute Gasteiger partial charge is 0.387 e. The molecule has 2 heterocycles. The summed E-state index contributed by atoms with van der Waals surface area (Å²) in [6.45, 7) is -1.45. The number of ether oxygens (including phenoxy) is 1. The Balaban J connectivity index is 0.000000221. The predicted octanol–water partition coefficient (Wildman–Crippen LogP) is 7.99. The number of anilines is 2. The number of piperidine rings is 2. The highest BCUT2D eigenvalue weighted by Gasteiger charge is 2.37. The van der Waals surface area contributed by atoms with E-state index in [1.807, 2.05) is 0 Å². The highest BCUT2D eigenvalue weighted by atomic mass is 35.5. The molecule has 6 rings (SSSR count). The number of rotatable bonds is 9. The highest BCUT2D eigenvalue weighted by molar-refractivity contribution is 6.31. The first-order chi connectivity index (χ1) is 27.6. The summed E-state index contributed by atoms with van der Waals surface area (Å²) in [6, 6.07) is 13.8. The molecule has 19 heteroatoms. The van der Waals surface area contributed by atoms with E-state index in [1.165, 1.54) is 12.1 Å². The maximum atomic E-state index is 14.6. The average Bonchev–Trinajstić information content (AvgIpc) is 3.15. The summed E-state index contributed by atoms with van der Waals surface area (Å²) in [7, 11) is 0. The van der Waals surface area contributed by atoms with Crippen molar-refractivity contribution in [3.8, 4) is 5.75 Å². The van der Waals surface area contributed by atoms with Crippen molar-refractivity contribution in [3.63, 3.8) is 0 Å². The summed E-state index contributed by atoms with van der Waals surface area (Å²) in [5, 5.41) is 16.6. The lowest BCUT2D eigenvalue weighted by Gasteiger charge is -2.33. The van der Waals surface area contributed by atoms with Gasteiger partial charge in [0, 0.05) is 82.4 Å². The van der Waals surface area contributed by atoms with Crippen LogP contribution in [0, 0.1) is 23.3 Å². The second-order valence-electron chi connectivity index (χ2n) is 13.2. The van der Waals surface area contributed by atoms with Crippen molar-refractivity contribution >= 4 is 58.5 Å². The number of hydrogen-bond acceptors (Lipinski definition) is 5. The number of benzene rings is 4. The second-order valence-corrected chi connectivity index (χ2v) is 14.0. The second kappa shape index (κ2) is 19.7. The largest absolute Gasteiger partial charge is 0.435 e. The Labute approximate surface area is 338 Å². The van der Waals surface area contributed by atoms with Crippen molar-refractivity contribution in [2.45, 2.75) is 56.7 Å². The fraction of sp³-hybridized carbons (Fsp3) is 0.282. The standard InChI is InChI=1S/C20H20ClF2N3O2.C19H16ClF4N3O3/c1-2-11-7-15(22)19(16(23)8-11)14-9-18(27)24-10-17(14)26-20(28)25-13-5-3-12(21)4-6-13;20-9-1-3-10(4-2-9)26-19(29)27-15-8-25-16(28)7-12(15)17-13(21)5-11(6-14(17)22)30-18(23)24/h3-8,14,17H,2,9-10H2,1H3,(H,24,27)(H2,25,26,28);1-6,12,15,18H,7-8H2,(H,25,28)(H2,26,27,29)/t14-,17-;12-,15-/m11/s1. The van der Waals surface area contributed by atoms with Crippen LogP contribution >= 0.6 is 23.2 Å². The topological polar surface area (TPSA) is 150 Å². The van der Waals surface area contributed by atoms with Crippen molar-refractivity contribution in [2.75, 3.05) is 23.7 Å². The lowest BCUT2D eigenvalue weighted by Crippen LogP contribution is -2.53. The number of nitrogens with one attached hydrogen (secondary N) is 6. The molecule has 0 radical (unpaired) electrons. The molecule has 58 heavy (non-hydrogen) atoms. The molecule has 2 fully saturated rings. The van der Waals surface area contributed by atoms with E-state index in [9.17, 15) is 45.5 Å². The van der Waals surface area contributed by atoms with Crippen molar-refractivity contribution in [1.29, 1.82) is 0 Å². The Morgan fingerprint density at radius 3 is 1.43 bits per heavy atom. The van der Waals surface area contributed by atoms with E-state index in [0.29, 0.717) is 45.5 Å². The molecular formula is C39H36Cl2F6N6O5. The van der Waals surface area contributed by atoms with Gasteiger partial charge in [0.15, 0.2) is 0 Å². The van der Waals surface area contributed by atoms with Gasteiger partial charge in [-0.05, 0) is 72.6 Å². The Morgan fingerprint density at radius 1 is 0.690 bits per heavy atom. The number of aryl methyl sites for hydroxylation is 1. The van der Waals surface area contributed by atoms with Crippen molar-refractivity contribution in [2.24, 2.45) is 0 Å². The van der Waals surface area contributed by atoms with Gasteiger partial charge in [0.25, 0.3) is 0 Å². The quantitative estimate of drug-likeness (QED) is 0.0945. The highest BCUT2D eigenvalue weighted by Crippen LogP contribution is 2.34. The third-order valence-electron chi connectivity index (χ3n) is 9.22. The molecule has 0 aromatic heterocycles. The lowest BCUT2D eigenvalue weighted by atomic mass is 9.84. The minimum atomic E-state index is -3.25. The molecule has 0 bridgehead atoms. The Morgan fingerprint density at radius 2 is 1.07 bits per heavy atom. The average molecular weight is 854 g/mol. The van der Waals surface area contributed by atoms with Crippen LogP contribution in [-0.2, 0) is 16.0 Å². The molecule has 11 nitrogen and oxygen atoms in total. The van der Waals surface area contributed by atoms with Crippen LogP contribution in [0.25, 0.3) is 0 Å². The Bertz CT molecular complexity index is 2090. The number of carbonyl (C=O) groups is 4. The zero-order valence-corrected chi connectivity index (χ0v) is 31.9. The Hall–Kier alpha value is -5.68. The SMILES string of the molecule is CCc1cc(F)c([C@@H]2CC(=O)NC[C@H]2NC(=O)Nc2ccc(Cl)cc2)c(F)c1.O=C1C[C@@H](c2c(F)cc(OC(F)F)cc2F)[C@H](NC(=O)Nc2ccc(Cl)cc2)CN1. The van der Waals surface area contributed by atoms with Crippen LogP contribution in [0.1, 0.15) is 48.3 Å². The van der Waals surface area contributed by atoms with Crippen LogP contribution in [0.3, 0.4) is 0 Å². The van der Waals surface area contributed by atoms with E-state index in [4.69, 9.17) is 23.2 Å². The van der Waals surface area contributed by atoms with E-state index >= 15 is 0 Å². The van der Waals surface area contributed by atoms with Crippen LogP contribution in [0.5, 0.6) is 5.75 Å². The van der Waals surface area contributed by atoms with Crippen LogP contribution in [-0.4, -0.2) is 55.7 Å². The van der Waals surface area contributed by atoms with E-state index in [-0.39, 0.29) is 37.4 Å². The summed E-state index contributed by atoms with van der Waals surface area (Å²) in [5.41, 5.74) is 0.804. The summed E-state index contributed by atoms with van der Waals surface area (Å²) >= 11 is 11.6. The van der Waals surface area contributed by atoms with Gasteiger partial charge in [-0.1, -0.05) is 30.1 Å². The molecule has 0 spiro atoms. The molecular weight excluding hydrogens is 817 g/mol. The predicted molar refractivity (Wildman–Crippen MR) is 204 cm³/mol. The molecule has 308 valence electrons. The maximum absolute atomic E-state index is 14.6. The molecule has 4 aromatic carbocycles. The monoisotopic (exact) mass is 852 g/mol. The third kappa shape index (κ3) is 11.7. The fourth-order valence-electron chi connectivity index (χ4n) is 6.49. The minimum Gasteiger partial charge on any atom is -0.435 e. The number of carbonyl (C=O) groups excluding carboxylic acids is 4. The van der Waals surface area contributed by atoms with Crippen LogP contribution in [0.15, 0.2) is 72.8 Å². The van der Waals surface area contributed by atoms with E-state index < -0.39 is 83.1 Å². The summed E-state index contributed by atoms with van der Waals surface area (Å²) in [4.78, 5) is 48.3. The maximum Gasteiger partial charge on any atom is 0.387 e. The minimum absolute atomic E-state index is 0.0753. The van der Waals surface area contributed by atoms with Gasteiger partial charge in [-0.15, -0.1) is 0 Å². The summed E-state index contributed by atoms with van der Waals surface area (Å²) < 4.78 is 86.9. The molecule has 0 aliphatic carbocycles. The fourth-order valence-corrected chi connectivity index (χ4v) is 6.74. The molecule has 6 N–H and O–H groups in total. The molecule has 2 aliphatic rings. The third-order valence-corrected chi connectivity index (χ3v) is 9.73. The van der Waals surface area contributed by atoms with Gasteiger partial charge in [0.2, 0.25) is 11.8 Å². The first-order valence-corrected chi connectivity index (χ1v) is 18.5. The summed E-state index contributed by atoms with van der Waals surface area (Å²) in [5.74, 6) is -7.07. The number of amides is 6. The first kappa shape index (κ1) is 43.4. The van der Waals surface area contributed by atoms with Gasteiger partial charge in [-0.2, -0.15) is 8.78 Å². The lowest BCUT2D eigenvalue weighted by molar-refractivity contribution is -0.123. The van der Waals surface area contributed by atoms with Gasteiger partial charge in [-0.3, -0.25) is 9.59 Å². The molecule has 0 unspecified atom stereocenters. The van der Waals surface area contributed by atoms with Crippen LogP contribution in [0.2, 0.25) is 10.0 Å². The molecule has 4 aromatic rings. The molecule has 0 saturated carbocycles. The van der Waals surface area contributed by atoms with Crippen molar-refractivity contribution in [1.82, 2.24) is 21.3 Å². The molecule has 6 amide bonds. The first-order valence-electron chi connectivity index (χ1n) is 17.7. The number of halogens is 8. The zero-order chi connectivity index (χ0) is 42.1. The van der Waals surface area contributed by atoms with Crippen molar-refractivity contribution in [3.05, 3.63) is 123 Å². The van der Waals surface area contributed by atoms with Crippen molar-refractivity contribution < 1.29 is 50.3 Å². The molecule has 2 saturated heterocycles. The van der Waals surface area contributed by atoms with E-state index in [0.717, 1.165) is 0 Å².